The number of nitrogens with two attached hydrogens (primary N) is 2. The lowest BCUT2D eigenvalue weighted by Gasteiger charge is -2.27. The fraction of sp³-hybridized carbons (Fsp3) is 0.280. The van der Waals surface area contributed by atoms with Crippen LogP contribution in [0.15, 0.2) is 67.0 Å². The van der Waals surface area contributed by atoms with Crippen LogP contribution in [0.25, 0.3) is 22.2 Å². The summed E-state index contributed by atoms with van der Waals surface area (Å²) < 4.78 is 8.32. The van der Waals surface area contributed by atoms with Gasteiger partial charge < -0.3 is 20.8 Å². The Kier molecular flexibility index (Phi) is 5.30. The standard InChI is InChI=1S/C25H27N5O/c26-19-9-11-20(12-10-19)30-15-23(22-14-28-25(27)29-24(22)30)18-7-4-8-21(13-18)31-16-17-5-2-1-3-6-17/h1-8,13-15,19-20H,9-12,16,26H2,(H2,27,28,29)/t19-,20+. The number of fused-ring (bicyclic) bond motifs is 1. The molecule has 0 aliphatic heterocycles. The third-order valence-electron chi connectivity index (χ3n) is 6.12. The fourth-order valence-corrected chi connectivity index (χ4v) is 4.43. The maximum absolute atomic E-state index is 6.13. The molecule has 0 atom stereocenters. The molecule has 0 bridgehead atoms. The van der Waals surface area contributed by atoms with E-state index in [1.165, 1.54) is 0 Å². The van der Waals surface area contributed by atoms with Crippen LogP contribution < -0.4 is 16.2 Å². The molecule has 2 aromatic carbocycles. The van der Waals surface area contributed by atoms with Crippen molar-refractivity contribution in [1.82, 2.24) is 14.5 Å². The minimum Gasteiger partial charge on any atom is -0.489 e. The number of benzene rings is 2. The van der Waals surface area contributed by atoms with Gasteiger partial charge in [-0.1, -0.05) is 42.5 Å². The van der Waals surface area contributed by atoms with Gasteiger partial charge in [0.1, 0.15) is 18.0 Å². The number of hydrogen-bond acceptors (Lipinski definition) is 5. The number of ether oxygens (including phenoxy) is 1. The second kappa shape index (κ2) is 8.40. The molecule has 6 heteroatoms. The van der Waals surface area contributed by atoms with Crippen LogP contribution in [0.5, 0.6) is 5.75 Å². The van der Waals surface area contributed by atoms with Crippen molar-refractivity contribution in [2.24, 2.45) is 5.73 Å². The minimum atomic E-state index is 0.297. The average molecular weight is 414 g/mol. The summed E-state index contributed by atoms with van der Waals surface area (Å²) in [6.07, 6.45) is 8.18. The predicted molar refractivity (Wildman–Crippen MR) is 124 cm³/mol. The lowest BCUT2D eigenvalue weighted by Crippen LogP contribution is -2.27. The van der Waals surface area contributed by atoms with Gasteiger partial charge in [0, 0.05) is 35.4 Å². The number of rotatable bonds is 5. The van der Waals surface area contributed by atoms with Crippen molar-refractivity contribution in [2.45, 2.75) is 44.4 Å². The van der Waals surface area contributed by atoms with Crippen LogP contribution in [-0.2, 0) is 6.61 Å². The van der Waals surface area contributed by atoms with Crippen LogP contribution >= 0.6 is 0 Å². The Labute approximate surface area is 181 Å². The summed E-state index contributed by atoms with van der Waals surface area (Å²) in [6.45, 7) is 0.536. The van der Waals surface area contributed by atoms with Crippen molar-refractivity contribution in [1.29, 1.82) is 0 Å². The van der Waals surface area contributed by atoms with Gasteiger partial charge in [0.15, 0.2) is 0 Å². The summed E-state index contributed by atoms with van der Waals surface area (Å²) in [7, 11) is 0. The van der Waals surface area contributed by atoms with Crippen LogP contribution in [0, 0.1) is 0 Å². The van der Waals surface area contributed by atoms with Gasteiger partial charge in [-0.25, -0.2) is 4.98 Å². The molecule has 1 aliphatic rings. The molecule has 158 valence electrons. The Morgan fingerprint density at radius 1 is 1.00 bits per heavy atom. The molecule has 0 saturated heterocycles. The number of nitrogens with zero attached hydrogens (tertiary/aromatic N) is 3. The van der Waals surface area contributed by atoms with E-state index in [-0.39, 0.29) is 0 Å². The second-order valence-corrected chi connectivity index (χ2v) is 8.29. The maximum atomic E-state index is 6.13. The molecule has 1 aliphatic carbocycles. The van der Waals surface area contributed by atoms with Gasteiger partial charge in [0.2, 0.25) is 5.95 Å². The summed E-state index contributed by atoms with van der Waals surface area (Å²) >= 11 is 0. The number of hydrogen-bond donors (Lipinski definition) is 2. The molecular weight excluding hydrogens is 386 g/mol. The van der Waals surface area contributed by atoms with Crippen molar-refractivity contribution < 1.29 is 4.74 Å². The van der Waals surface area contributed by atoms with E-state index in [2.05, 4.69) is 45.0 Å². The Hall–Kier alpha value is -3.38. The SMILES string of the molecule is Nc1ncc2c(-c3cccc(OCc4ccccc4)c3)cn([C@H]3CC[C@@H](N)CC3)c2n1. The van der Waals surface area contributed by atoms with E-state index < -0.39 is 0 Å². The van der Waals surface area contributed by atoms with Gasteiger partial charge in [-0.2, -0.15) is 4.98 Å². The summed E-state index contributed by atoms with van der Waals surface area (Å²) in [4.78, 5) is 8.85. The Morgan fingerprint density at radius 3 is 2.61 bits per heavy atom. The molecule has 31 heavy (non-hydrogen) atoms. The van der Waals surface area contributed by atoms with Crippen LogP contribution in [0.3, 0.4) is 0 Å². The second-order valence-electron chi connectivity index (χ2n) is 8.29. The first kappa shape index (κ1) is 19.6. The molecule has 1 saturated carbocycles. The van der Waals surface area contributed by atoms with E-state index in [0.717, 1.165) is 59.2 Å². The Balaban J connectivity index is 1.48. The van der Waals surface area contributed by atoms with E-state index in [1.54, 1.807) is 0 Å². The first-order chi connectivity index (χ1) is 15.2. The topological polar surface area (TPSA) is 92.0 Å². The number of nitrogen functional groups attached to an aromatic ring is 1. The minimum absolute atomic E-state index is 0.297. The van der Waals surface area contributed by atoms with Crippen LogP contribution in [0.4, 0.5) is 5.95 Å². The van der Waals surface area contributed by atoms with Gasteiger partial charge in [0.05, 0.1) is 0 Å². The quantitative estimate of drug-likeness (QED) is 0.495. The fourth-order valence-electron chi connectivity index (χ4n) is 4.43. The molecule has 1 fully saturated rings. The molecule has 6 nitrogen and oxygen atoms in total. The molecule has 2 heterocycles. The summed E-state index contributed by atoms with van der Waals surface area (Å²) in [6, 6.07) is 19.1. The number of aromatic nitrogens is 3. The summed E-state index contributed by atoms with van der Waals surface area (Å²) in [5, 5.41) is 1.00. The van der Waals surface area contributed by atoms with Crippen molar-refractivity contribution in [3.8, 4) is 16.9 Å². The van der Waals surface area contributed by atoms with Crippen LogP contribution in [0.2, 0.25) is 0 Å². The molecular formula is C25H27N5O. The monoisotopic (exact) mass is 413 g/mol. The van der Waals surface area contributed by atoms with E-state index >= 15 is 0 Å². The molecule has 5 rings (SSSR count). The molecule has 0 amide bonds. The predicted octanol–water partition coefficient (Wildman–Crippen LogP) is 4.70. The highest BCUT2D eigenvalue weighted by molar-refractivity contribution is 5.94. The highest BCUT2D eigenvalue weighted by Gasteiger charge is 2.23. The maximum Gasteiger partial charge on any atom is 0.221 e. The molecule has 0 radical (unpaired) electrons. The van der Waals surface area contributed by atoms with E-state index in [9.17, 15) is 0 Å². The molecule has 2 aromatic heterocycles. The zero-order valence-electron chi connectivity index (χ0n) is 17.4. The smallest absolute Gasteiger partial charge is 0.221 e. The third-order valence-corrected chi connectivity index (χ3v) is 6.12. The van der Waals surface area contributed by atoms with Crippen LogP contribution in [0.1, 0.15) is 37.3 Å². The zero-order valence-corrected chi connectivity index (χ0v) is 17.4. The highest BCUT2D eigenvalue weighted by Crippen LogP contribution is 2.37. The van der Waals surface area contributed by atoms with Gasteiger partial charge >= 0.3 is 0 Å². The largest absolute Gasteiger partial charge is 0.489 e. The van der Waals surface area contributed by atoms with Crippen molar-refractivity contribution in [3.05, 3.63) is 72.6 Å². The van der Waals surface area contributed by atoms with E-state index in [0.29, 0.717) is 24.6 Å². The summed E-state index contributed by atoms with van der Waals surface area (Å²) in [5.41, 5.74) is 16.3. The van der Waals surface area contributed by atoms with E-state index in [1.807, 2.05) is 36.5 Å². The van der Waals surface area contributed by atoms with Gasteiger partial charge in [-0.05, 0) is 48.9 Å². The molecule has 4 N–H and O–H groups in total. The zero-order chi connectivity index (χ0) is 21.2. The average Bonchev–Trinajstić information content (AvgIpc) is 3.18. The lowest BCUT2D eigenvalue weighted by atomic mass is 9.92. The first-order valence-corrected chi connectivity index (χ1v) is 10.8. The van der Waals surface area contributed by atoms with Crippen molar-refractivity contribution in [2.75, 3.05) is 5.73 Å². The summed E-state index contributed by atoms with van der Waals surface area (Å²) in [5.74, 6) is 1.13. The third kappa shape index (κ3) is 4.11. The van der Waals surface area contributed by atoms with Gasteiger partial charge in [-0.15, -0.1) is 0 Å². The first-order valence-electron chi connectivity index (χ1n) is 10.8. The van der Waals surface area contributed by atoms with E-state index in [4.69, 9.17) is 16.2 Å². The number of anilines is 1. The molecule has 4 aromatic rings. The Morgan fingerprint density at radius 2 is 1.81 bits per heavy atom. The Bertz CT molecular complexity index is 1180. The lowest BCUT2D eigenvalue weighted by molar-refractivity contribution is 0.306. The van der Waals surface area contributed by atoms with Crippen molar-refractivity contribution in [3.63, 3.8) is 0 Å². The van der Waals surface area contributed by atoms with Gasteiger partial charge in [0.25, 0.3) is 0 Å². The van der Waals surface area contributed by atoms with Gasteiger partial charge in [-0.3, -0.25) is 0 Å². The van der Waals surface area contributed by atoms with Crippen LogP contribution in [-0.4, -0.2) is 20.6 Å². The highest BCUT2D eigenvalue weighted by atomic mass is 16.5. The normalized spacial score (nSPS) is 18.9. The molecule has 0 spiro atoms. The van der Waals surface area contributed by atoms with Crippen molar-refractivity contribution >= 4 is 17.0 Å². The molecule has 0 unspecified atom stereocenters.